The molecule has 1 heterocycles. The molecule has 1 aromatic rings. The van der Waals surface area contributed by atoms with Crippen LogP contribution in [-0.4, -0.2) is 30.6 Å². The molecule has 0 spiro atoms. The third kappa shape index (κ3) is 5.71. The van der Waals surface area contributed by atoms with Gasteiger partial charge < -0.3 is 10.1 Å². The lowest BCUT2D eigenvalue weighted by Crippen LogP contribution is -2.44. The van der Waals surface area contributed by atoms with Gasteiger partial charge in [-0.2, -0.15) is 0 Å². The number of rotatable bonds is 4. The van der Waals surface area contributed by atoms with Crippen LogP contribution in [0.4, 0.5) is 4.79 Å². The highest BCUT2D eigenvalue weighted by molar-refractivity contribution is 7.17. The third-order valence-corrected chi connectivity index (χ3v) is 2.99. The molecule has 0 saturated heterocycles. The zero-order valence-corrected chi connectivity index (χ0v) is 11.9. The molecule has 1 rings (SSSR count). The molecule has 6 nitrogen and oxygen atoms in total. The number of carbonyl (C=O) groups is 3. The maximum atomic E-state index is 11.5. The van der Waals surface area contributed by atoms with Crippen molar-refractivity contribution in [1.29, 1.82) is 0 Å². The lowest BCUT2D eigenvalue weighted by Gasteiger charge is -2.09. The molecule has 0 radical (unpaired) electrons. The smallest absolute Gasteiger partial charge is 0.348 e. The monoisotopic (exact) mass is 304 g/mol. The van der Waals surface area contributed by atoms with Crippen molar-refractivity contribution >= 4 is 40.8 Å². The Kier molecular flexibility index (Phi) is 5.78. The molecule has 2 N–H and O–H groups in total. The number of nitrogens with one attached hydrogen (secondary N) is 2. The van der Waals surface area contributed by atoms with Crippen molar-refractivity contribution in [3.8, 4) is 0 Å². The second-order valence-electron chi connectivity index (χ2n) is 3.86. The molecule has 8 heteroatoms. The van der Waals surface area contributed by atoms with Crippen molar-refractivity contribution in [3.05, 3.63) is 21.3 Å². The summed E-state index contributed by atoms with van der Waals surface area (Å²) in [6, 6.07) is 2.33. The number of hydrogen-bond acceptors (Lipinski definition) is 5. The Hall–Kier alpha value is -1.60. The number of amides is 3. The largest absolute Gasteiger partial charge is 0.451 e. The first-order valence-corrected chi connectivity index (χ1v) is 6.60. The van der Waals surface area contributed by atoms with Crippen LogP contribution in [0, 0.1) is 0 Å². The van der Waals surface area contributed by atoms with E-state index in [1.165, 1.54) is 6.07 Å². The zero-order chi connectivity index (χ0) is 14.4. The van der Waals surface area contributed by atoms with Crippen LogP contribution in [0.15, 0.2) is 12.1 Å². The first-order valence-electron chi connectivity index (χ1n) is 5.41. The molecule has 0 unspecified atom stereocenters. The minimum atomic E-state index is -0.700. The lowest BCUT2D eigenvalue weighted by atomic mass is 10.4. The SMILES string of the molecule is CC(C)NC(=O)NC(=O)COC(=O)c1ccc(Cl)s1. The second-order valence-corrected chi connectivity index (χ2v) is 5.57. The Balaban J connectivity index is 2.34. The van der Waals surface area contributed by atoms with Crippen molar-refractivity contribution in [2.75, 3.05) is 6.61 Å². The molecule has 104 valence electrons. The second kappa shape index (κ2) is 7.10. The average molecular weight is 305 g/mol. The summed E-state index contributed by atoms with van der Waals surface area (Å²) in [6.07, 6.45) is 0. The van der Waals surface area contributed by atoms with E-state index in [0.717, 1.165) is 11.3 Å². The van der Waals surface area contributed by atoms with Gasteiger partial charge in [-0.1, -0.05) is 11.6 Å². The topological polar surface area (TPSA) is 84.5 Å². The van der Waals surface area contributed by atoms with Crippen LogP contribution in [0.2, 0.25) is 4.34 Å². The number of thiophene rings is 1. The Morgan fingerprint density at radius 2 is 2.05 bits per heavy atom. The molecule has 0 bridgehead atoms. The van der Waals surface area contributed by atoms with Crippen LogP contribution in [0.25, 0.3) is 0 Å². The highest BCUT2D eigenvalue weighted by Crippen LogP contribution is 2.21. The van der Waals surface area contributed by atoms with Crippen LogP contribution in [0.5, 0.6) is 0 Å². The van der Waals surface area contributed by atoms with Crippen molar-refractivity contribution in [3.63, 3.8) is 0 Å². The van der Waals surface area contributed by atoms with Gasteiger partial charge in [0.2, 0.25) is 0 Å². The highest BCUT2D eigenvalue weighted by Gasteiger charge is 2.14. The van der Waals surface area contributed by atoms with E-state index >= 15 is 0 Å². The Morgan fingerprint density at radius 1 is 1.37 bits per heavy atom. The molecule has 3 amide bonds. The first-order chi connectivity index (χ1) is 8.88. The van der Waals surface area contributed by atoms with Gasteiger partial charge in [0.1, 0.15) is 4.88 Å². The van der Waals surface area contributed by atoms with Crippen LogP contribution in [0.1, 0.15) is 23.5 Å². The van der Waals surface area contributed by atoms with E-state index < -0.39 is 24.5 Å². The summed E-state index contributed by atoms with van der Waals surface area (Å²) in [7, 11) is 0. The summed E-state index contributed by atoms with van der Waals surface area (Å²) in [6.45, 7) is 2.98. The van der Waals surface area contributed by atoms with E-state index in [1.54, 1.807) is 19.9 Å². The summed E-state index contributed by atoms with van der Waals surface area (Å²) in [5.41, 5.74) is 0. The molecule has 1 aromatic heterocycles. The fourth-order valence-electron chi connectivity index (χ4n) is 1.09. The van der Waals surface area contributed by atoms with Gasteiger partial charge in [-0.15, -0.1) is 11.3 Å². The predicted octanol–water partition coefficient (Wildman–Crippen LogP) is 1.79. The normalized spacial score (nSPS) is 10.1. The fraction of sp³-hybridized carbons (Fsp3) is 0.364. The minimum Gasteiger partial charge on any atom is -0.451 e. The summed E-state index contributed by atoms with van der Waals surface area (Å²) < 4.78 is 5.18. The Bertz CT molecular complexity index is 487. The molecule has 0 aromatic carbocycles. The number of halogens is 1. The van der Waals surface area contributed by atoms with Gasteiger partial charge in [0.25, 0.3) is 5.91 Å². The van der Waals surface area contributed by atoms with Crippen molar-refractivity contribution < 1.29 is 19.1 Å². The molecule has 0 saturated carbocycles. The summed E-state index contributed by atoms with van der Waals surface area (Å²) in [4.78, 5) is 34.3. The summed E-state index contributed by atoms with van der Waals surface area (Å²) in [5.74, 6) is -1.36. The fourth-order valence-corrected chi connectivity index (χ4v) is 2.02. The van der Waals surface area contributed by atoms with Gasteiger partial charge in [0.15, 0.2) is 6.61 Å². The summed E-state index contributed by atoms with van der Waals surface area (Å²) in [5, 5.41) is 4.50. The predicted molar refractivity (Wildman–Crippen MR) is 71.4 cm³/mol. The van der Waals surface area contributed by atoms with E-state index in [2.05, 4.69) is 5.32 Å². The quantitative estimate of drug-likeness (QED) is 0.831. The standard InChI is InChI=1S/C11H13ClN2O4S/c1-6(2)13-11(17)14-9(15)5-18-10(16)7-3-4-8(12)19-7/h3-4,6H,5H2,1-2H3,(H2,13,14,15,17). The average Bonchev–Trinajstić information content (AvgIpc) is 2.71. The van der Waals surface area contributed by atoms with Crippen molar-refractivity contribution in [1.82, 2.24) is 10.6 Å². The van der Waals surface area contributed by atoms with Crippen LogP contribution in [-0.2, 0) is 9.53 Å². The molecular weight excluding hydrogens is 292 g/mol. The van der Waals surface area contributed by atoms with Crippen LogP contribution >= 0.6 is 22.9 Å². The van der Waals surface area contributed by atoms with Crippen molar-refractivity contribution in [2.24, 2.45) is 0 Å². The van der Waals surface area contributed by atoms with Gasteiger partial charge in [-0.3, -0.25) is 10.1 Å². The molecule has 0 aliphatic carbocycles. The lowest BCUT2D eigenvalue weighted by molar-refractivity contribution is -0.123. The van der Waals surface area contributed by atoms with Gasteiger partial charge in [0, 0.05) is 6.04 Å². The van der Waals surface area contributed by atoms with Gasteiger partial charge in [0.05, 0.1) is 4.34 Å². The number of carbonyl (C=O) groups excluding carboxylic acids is 3. The van der Waals surface area contributed by atoms with E-state index in [1.807, 2.05) is 5.32 Å². The highest BCUT2D eigenvalue weighted by atomic mass is 35.5. The number of urea groups is 1. The van der Waals surface area contributed by atoms with E-state index in [9.17, 15) is 14.4 Å². The molecule has 19 heavy (non-hydrogen) atoms. The maximum Gasteiger partial charge on any atom is 0.348 e. The van der Waals surface area contributed by atoms with Gasteiger partial charge in [-0.25, -0.2) is 9.59 Å². The first kappa shape index (κ1) is 15.5. The zero-order valence-electron chi connectivity index (χ0n) is 10.4. The molecule has 0 atom stereocenters. The van der Waals surface area contributed by atoms with E-state index in [-0.39, 0.29) is 6.04 Å². The van der Waals surface area contributed by atoms with Gasteiger partial charge >= 0.3 is 12.0 Å². The minimum absolute atomic E-state index is 0.0939. The molecular formula is C11H13ClN2O4S. The van der Waals surface area contributed by atoms with Gasteiger partial charge in [-0.05, 0) is 26.0 Å². The summed E-state index contributed by atoms with van der Waals surface area (Å²) >= 11 is 6.71. The van der Waals surface area contributed by atoms with E-state index in [4.69, 9.17) is 16.3 Å². The molecule has 0 aliphatic heterocycles. The third-order valence-electron chi connectivity index (χ3n) is 1.78. The Labute approximate surface area is 119 Å². The number of esters is 1. The number of imide groups is 1. The van der Waals surface area contributed by atoms with Crippen LogP contribution in [0.3, 0.4) is 0 Å². The van der Waals surface area contributed by atoms with Crippen LogP contribution < -0.4 is 10.6 Å². The number of hydrogen-bond donors (Lipinski definition) is 2. The molecule has 0 fully saturated rings. The number of ether oxygens (including phenoxy) is 1. The Morgan fingerprint density at radius 3 is 2.58 bits per heavy atom. The maximum absolute atomic E-state index is 11.5. The van der Waals surface area contributed by atoms with E-state index in [0.29, 0.717) is 9.21 Å². The molecule has 0 aliphatic rings. The van der Waals surface area contributed by atoms with Crippen molar-refractivity contribution in [2.45, 2.75) is 19.9 Å².